The van der Waals surface area contributed by atoms with Gasteiger partial charge < -0.3 is 14.4 Å². The van der Waals surface area contributed by atoms with Crippen molar-refractivity contribution in [2.45, 2.75) is 27.2 Å². The number of imidazole rings is 1. The molecule has 0 bridgehead atoms. The van der Waals surface area contributed by atoms with Gasteiger partial charge in [0, 0.05) is 35.8 Å². The van der Waals surface area contributed by atoms with Crippen LogP contribution in [0.2, 0.25) is 5.02 Å². The van der Waals surface area contributed by atoms with Crippen molar-refractivity contribution < 1.29 is 19.1 Å². The number of benzene rings is 2. The maximum Gasteiger partial charge on any atom is 0.246 e. The lowest BCUT2D eigenvalue weighted by Crippen LogP contribution is -2.38. The van der Waals surface area contributed by atoms with E-state index in [0.717, 1.165) is 5.56 Å². The summed E-state index contributed by atoms with van der Waals surface area (Å²) in [5, 5.41) is 3.49. The molecule has 0 atom stereocenters. The van der Waals surface area contributed by atoms with Crippen molar-refractivity contribution in [1.82, 2.24) is 14.5 Å². The standard InChI is InChI=1S/C26H31ClN4O4/c1-6-30(25(33)13-17(2)3)16-24(32)29-26-28-21(18-7-9-19(27)10-8-18)15-31(26)20-11-12-22(34-4)23(14-20)35-5/h7-12,14-15,17H,6,13,16H2,1-5H3,(H,28,29,32). The first kappa shape index (κ1) is 26.1. The van der Waals surface area contributed by atoms with E-state index in [1.165, 1.54) is 0 Å². The molecule has 3 rings (SSSR count). The maximum atomic E-state index is 12.9. The van der Waals surface area contributed by atoms with Gasteiger partial charge in [-0.3, -0.25) is 19.5 Å². The minimum Gasteiger partial charge on any atom is -0.493 e. The second-order valence-corrected chi connectivity index (χ2v) is 8.86. The summed E-state index contributed by atoms with van der Waals surface area (Å²) in [6, 6.07) is 12.7. The molecule has 1 aromatic heterocycles. The lowest BCUT2D eigenvalue weighted by Gasteiger charge is -2.21. The first-order chi connectivity index (χ1) is 16.7. The van der Waals surface area contributed by atoms with Crippen LogP contribution >= 0.6 is 11.6 Å². The summed E-state index contributed by atoms with van der Waals surface area (Å²) in [6.45, 7) is 6.19. The summed E-state index contributed by atoms with van der Waals surface area (Å²) in [4.78, 5) is 31.7. The average molecular weight is 499 g/mol. The first-order valence-electron chi connectivity index (χ1n) is 11.4. The predicted octanol–water partition coefficient (Wildman–Crippen LogP) is 5.04. The van der Waals surface area contributed by atoms with Crippen molar-refractivity contribution in [3.05, 3.63) is 53.7 Å². The summed E-state index contributed by atoms with van der Waals surface area (Å²) in [5.74, 6) is 1.27. The summed E-state index contributed by atoms with van der Waals surface area (Å²) in [5.41, 5.74) is 2.20. The Kier molecular flexibility index (Phi) is 8.76. The lowest BCUT2D eigenvalue weighted by molar-refractivity contribution is -0.135. The third-order valence-electron chi connectivity index (χ3n) is 5.39. The third-order valence-corrected chi connectivity index (χ3v) is 5.65. The smallest absolute Gasteiger partial charge is 0.246 e. The molecule has 0 fully saturated rings. The van der Waals surface area contributed by atoms with E-state index in [0.29, 0.717) is 46.8 Å². The second kappa shape index (κ2) is 11.8. The Balaban J connectivity index is 1.95. The Bertz CT molecular complexity index is 1170. The fourth-order valence-electron chi connectivity index (χ4n) is 3.59. The quantitative estimate of drug-likeness (QED) is 0.423. The topological polar surface area (TPSA) is 85.7 Å². The van der Waals surface area contributed by atoms with Gasteiger partial charge >= 0.3 is 0 Å². The van der Waals surface area contributed by atoms with Crippen LogP contribution in [0, 0.1) is 5.92 Å². The zero-order valence-electron chi connectivity index (χ0n) is 20.7. The van der Waals surface area contributed by atoms with E-state index in [1.807, 2.05) is 45.2 Å². The number of halogens is 1. The Morgan fingerprint density at radius 3 is 2.37 bits per heavy atom. The zero-order chi connectivity index (χ0) is 25.5. The van der Waals surface area contributed by atoms with Gasteiger partial charge in [-0.1, -0.05) is 37.6 Å². The molecule has 0 aliphatic rings. The minimum atomic E-state index is -0.334. The Morgan fingerprint density at radius 1 is 1.09 bits per heavy atom. The molecule has 8 nitrogen and oxygen atoms in total. The van der Waals surface area contributed by atoms with Crippen LogP contribution in [-0.4, -0.2) is 53.6 Å². The van der Waals surface area contributed by atoms with Crippen LogP contribution in [0.5, 0.6) is 11.5 Å². The second-order valence-electron chi connectivity index (χ2n) is 8.42. The maximum absolute atomic E-state index is 12.9. The van der Waals surface area contributed by atoms with Crippen molar-refractivity contribution in [3.63, 3.8) is 0 Å². The molecule has 9 heteroatoms. The number of rotatable bonds is 10. The van der Waals surface area contributed by atoms with Crippen LogP contribution in [0.1, 0.15) is 27.2 Å². The van der Waals surface area contributed by atoms with Crippen LogP contribution < -0.4 is 14.8 Å². The van der Waals surface area contributed by atoms with Crippen LogP contribution in [0.15, 0.2) is 48.7 Å². The fraction of sp³-hybridized carbons (Fsp3) is 0.346. The van der Waals surface area contributed by atoms with Crippen LogP contribution in [0.4, 0.5) is 5.95 Å². The highest BCUT2D eigenvalue weighted by Crippen LogP contribution is 2.32. The van der Waals surface area contributed by atoms with Crippen molar-refractivity contribution in [3.8, 4) is 28.4 Å². The normalized spacial score (nSPS) is 10.8. The van der Waals surface area contributed by atoms with E-state index in [2.05, 4.69) is 10.3 Å². The van der Waals surface area contributed by atoms with E-state index in [4.69, 9.17) is 21.1 Å². The molecule has 35 heavy (non-hydrogen) atoms. The Morgan fingerprint density at radius 2 is 1.77 bits per heavy atom. The molecule has 1 heterocycles. The molecule has 2 aromatic carbocycles. The summed E-state index contributed by atoms with van der Waals surface area (Å²) in [6.07, 6.45) is 2.21. The van der Waals surface area contributed by atoms with Crippen molar-refractivity contribution in [2.75, 3.05) is 32.6 Å². The zero-order valence-corrected chi connectivity index (χ0v) is 21.4. The lowest BCUT2D eigenvalue weighted by atomic mass is 10.1. The number of anilines is 1. The largest absolute Gasteiger partial charge is 0.493 e. The molecular weight excluding hydrogens is 468 g/mol. The van der Waals surface area contributed by atoms with Crippen LogP contribution in [0.3, 0.4) is 0 Å². The number of carbonyl (C=O) groups is 2. The number of nitrogens with zero attached hydrogens (tertiary/aromatic N) is 3. The minimum absolute atomic E-state index is 0.0530. The molecule has 1 N–H and O–H groups in total. The molecule has 0 unspecified atom stereocenters. The van der Waals surface area contributed by atoms with E-state index in [1.54, 1.807) is 48.0 Å². The summed E-state index contributed by atoms with van der Waals surface area (Å²) < 4.78 is 12.5. The van der Waals surface area contributed by atoms with Crippen molar-refractivity contribution in [2.24, 2.45) is 5.92 Å². The van der Waals surface area contributed by atoms with Gasteiger partial charge in [0.15, 0.2) is 11.5 Å². The molecular formula is C26H31ClN4O4. The highest BCUT2D eigenvalue weighted by atomic mass is 35.5. The molecule has 0 saturated carbocycles. The van der Waals surface area contributed by atoms with Crippen molar-refractivity contribution >= 4 is 29.4 Å². The van der Waals surface area contributed by atoms with Gasteiger partial charge in [-0.05, 0) is 37.1 Å². The van der Waals surface area contributed by atoms with Crippen LogP contribution in [0.25, 0.3) is 16.9 Å². The number of hydrogen-bond donors (Lipinski definition) is 1. The highest BCUT2D eigenvalue weighted by Gasteiger charge is 2.20. The Labute approximate surface area is 210 Å². The number of nitrogens with one attached hydrogen (secondary N) is 1. The molecule has 0 radical (unpaired) electrons. The van der Waals surface area contributed by atoms with E-state index < -0.39 is 0 Å². The van der Waals surface area contributed by atoms with Gasteiger partial charge in [0.2, 0.25) is 17.8 Å². The summed E-state index contributed by atoms with van der Waals surface area (Å²) >= 11 is 6.04. The SMILES string of the molecule is CCN(CC(=O)Nc1nc(-c2ccc(Cl)cc2)cn1-c1ccc(OC)c(OC)c1)C(=O)CC(C)C. The molecule has 0 aliphatic heterocycles. The number of methoxy groups -OCH3 is 2. The van der Waals surface area contributed by atoms with E-state index in [-0.39, 0.29) is 24.3 Å². The fourth-order valence-corrected chi connectivity index (χ4v) is 3.72. The van der Waals surface area contributed by atoms with Gasteiger partial charge in [0.1, 0.15) is 0 Å². The van der Waals surface area contributed by atoms with Gasteiger partial charge in [-0.15, -0.1) is 0 Å². The molecule has 0 spiro atoms. The van der Waals surface area contributed by atoms with E-state index >= 15 is 0 Å². The molecule has 0 saturated heterocycles. The predicted molar refractivity (Wildman–Crippen MR) is 137 cm³/mol. The number of likely N-dealkylation sites (N-methyl/N-ethyl adjacent to an activating group) is 1. The monoisotopic (exact) mass is 498 g/mol. The van der Waals surface area contributed by atoms with Crippen molar-refractivity contribution in [1.29, 1.82) is 0 Å². The summed E-state index contributed by atoms with van der Waals surface area (Å²) in [7, 11) is 3.13. The molecule has 0 aliphatic carbocycles. The average Bonchev–Trinajstić information content (AvgIpc) is 3.25. The van der Waals surface area contributed by atoms with Gasteiger partial charge in [-0.2, -0.15) is 0 Å². The van der Waals surface area contributed by atoms with Gasteiger partial charge in [-0.25, -0.2) is 4.98 Å². The number of aromatic nitrogens is 2. The molecule has 2 amide bonds. The number of amides is 2. The van der Waals surface area contributed by atoms with Crippen LogP contribution in [-0.2, 0) is 9.59 Å². The van der Waals surface area contributed by atoms with Gasteiger partial charge in [0.05, 0.1) is 32.1 Å². The van der Waals surface area contributed by atoms with E-state index in [9.17, 15) is 9.59 Å². The Hall–Kier alpha value is -3.52. The molecule has 186 valence electrons. The number of hydrogen-bond acceptors (Lipinski definition) is 5. The number of carbonyl (C=O) groups excluding carboxylic acids is 2. The molecule has 3 aromatic rings. The first-order valence-corrected chi connectivity index (χ1v) is 11.8. The number of ether oxygens (including phenoxy) is 2. The third kappa shape index (κ3) is 6.54. The highest BCUT2D eigenvalue weighted by molar-refractivity contribution is 6.30. The van der Waals surface area contributed by atoms with Gasteiger partial charge in [0.25, 0.3) is 0 Å².